The molecule has 3 aromatic carbocycles. The van der Waals surface area contributed by atoms with Crippen LogP contribution in [0.4, 0.5) is 18.0 Å². The zero-order valence-corrected chi connectivity index (χ0v) is 31.5. The number of hydrogen-bond donors (Lipinski definition) is 1. The number of carbonyl (C=O) groups excluding carboxylic acids is 4. The second-order valence-corrected chi connectivity index (χ2v) is 15.3. The maximum absolute atomic E-state index is 14.8. The van der Waals surface area contributed by atoms with Crippen molar-refractivity contribution in [2.75, 3.05) is 32.8 Å². The molecule has 4 atom stereocenters. The molecule has 0 aromatic heterocycles. The normalized spacial score (nSPS) is 24.2. The van der Waals surface area contributed by atoms with Crippen molar-refractivity contribution in [3.8, 4) is 0 Å². The van der Waals surface area contributed by atoms with Crippen molar-refractivity contribution < 1.29 is 37.1 Å². The number of ether oxygens (including phenoxy) is 1. The van der Waals surface area contributed by atoms with E-state index in [1.54, 1.807) is 17.9 Å². The monoisotopic (exact) mass is 771 g/mol. The number of likely N-dealkylation sites (tertiary alicyclic amines) is 3. The molecule has 10 nitrogen and oxygen atoms in total. The van der Waals surface area contributed by atoms with Crippen LogP contribution in [0.5, 0.6) is 0 Å². The predicted molar refractivity (Wildman–Crippen MR) is 204 cm³/mol. The summed E-state index contributed by atoms with van der Waals surface area (Å²) in [5.74, 6) is -1.52. The van der Waals surface area contributed by atoms with Gasteiger partial charge in [-0.1, -0.05) is 91.4 Å². The van der Waals surface area contributed by atoms with Crippen LogP contribution in [0.3, 0.4) is 0 Å². The highest BCUT2D eigenvalue weighted by Gasteiger charge is 2.66. The molecular weight excluding hydrogens is 723 g/mol. The van der Waals surface area contributed by atoms with Crippen LogP contribution in [-0.4, -0.2) is 99.9 Å². The second kappa shape index (κ2) is 16.5. The molecule has 13 heteroatoms. The molecule has 4 aliphatic rings. The van der Waals surface area contributed by atoms with Crippen molar-refractivity contribution in [1.29, 1.82) is 0 Å². The molecule has 4 heterocycles. The Kier molecular flexibility index (Phi) is 11.5. The third-order valence-electron chi connectivity index (χ3n) is 11.8. The minimum atomic E-state index is -4.57. The van der Waals surface area contributed by atoms with Crippen LogP contribution in [0.2, 0.25) is 0 Å². The van der Waals surface area contributed by atoms with E-state index in [4.69, 9.17) is 4.74 Å². The number of hydrogen-bond acceptors (Lipinski definition) is 6. The van der Waals surface area contributed by atoms with Gasteiger partial charge < -0.3 is 24.8 Å². The minimum absolute atomic E-state index is 0.0214. The van der Waals surface area contributed by atoms with E-state index < -0.39 is 53.3 Å². The minimum Gasteiger partial charge on any atom is -0.447 e. The summed E-state index contributed by atoms with van der Waals surface area (Å²) in [5, 5.41) is 2.73. The molecule has 0 radical (unpaired) electrons. The van der Waals surface area contributed by atoms with Gasteiger partial charge in [-0.2, -0.15) is 13.2 Å². The van der Waals surface area contributed by atoms with E-state index in [2.05, 4.69) is 10.2 Å². The summed E-state index contributed by atoms with van der Waals surface area (Å²) in [4.78, 5) is 63.8. The van der Waals surface area contributed by atoms with Crippen LogP contribution in [0.1, 0.15) is 73.7 Å². The maximum Gasteiger partial charge on any atom is 0.416 e. The molecule has 4 amide bonds. The van der Waals surface area contributed by atoms with Crippen molar-refractivity contribution in [1.82, 2.24) is 24.9 Å². The van der Waals surface area contributed by atoms with Gasteiger partial charge in [0.2, 0.25) is 11.8 Å². The van der Waals surface area contributed by atoms with Crippen LogP contribution >= 0.6 is 0 Å². The highest BCUT2D eigenvalue weighted by molar-refractivity contribution is 6.02. The van der Waals surface area contributed by atoms with Gasteiger partial charge in [0.25, 0.3) is 5.91 Å². The summed E-state index contributed by atoms with van der Waals surface area (Å²) in [6.45, 7) is 4.55. The van der Waals surface area contributed by atoms with Crippen molar-refractivity contribution in [2.45, 2.75) is 87.9 Å². The number of benzene rings is 3. The molecule has 0 aliphatic carbocycles. The number of cyclic esters (lactones) is 1. The topological polar surface area (TPSA) is 102 Å². The van der Waals surface area contributed by atoms with Gasteiger partial charge in [-0.25, -0.2) is 4.79 Å². The number of alkyl halides is 3. The maximum atomic E-state index is 14.8. The lowest BCUT2D eigenvalue weighted by molar-refractivity contribution is -0.176. The third kappa shape index (κ3) is 8.05. The fourth-order valence-corrected chi connectivity index (χ4v) is 8.74. The molecule has 4 fully saturated rings. The van der Waals surface area contributed by atoms with Gasteiger partial charge in [-0.3, -0.25) is 19.3 Å². The first-order chi connectivity index (χ1) is 26.9. The number of nitrogens with zero attached hydrogens (tertiary/aromatic N) is 4. The average molecular weight is 772 g/mol. The van der Waals surface area contributed by atoms with E-state index in [0.717, 1.165) is 49.2 Å². The third-order valence-corrected chi connectivity index (χ3v) is 11.8. The number of piperidine rings is 2. The van der Waals surface area contributed by atoms with Crippen molar-refractivity contribution >= 4 is 29.9 Å². The second-order valence-electron chi connectivity index (χ2n) is 15.3. The van der Waals surface area contributed by atoms with E-state index >= 15 is 0 Å². The molecule has 296 valence electrons. The lowest BCUT2D eigenvalue weighted by Crippen LogP contribution is -2.81. The van der Waals surface area contributed by atoms with E-state index in [0.29, 0.717) is 19.1 Å². The van der Waals surface area contributed by atoms with Crippen molar-refractivity contribution in [2.24, 2.45) is 0 Å². The Balaban J connectivity index is 1.19. The summed E-state index contributed by atoms with van der Waals surface area (Å²) in [5.41, 5.74) is -0.557. The highest BCUT2D eigenvalue weighted by Crippen LogP contribution is 2.46. The molecule has 4 saturated heterocycles. The Morgan fingerprint density at radius 2 is 1.59 bits per heavy atom. The first-order valence-electron chi connectivity index (χ1n) is 19.5. The number of β-lactam (4-membered cyclic amide) rings is 1. The lowest BCUT2D eigenvalue weighted by Gasteiger charge is -2.59. The van der Waals surface area contributed by atoms with Crippen LogP contribution in [0, 0.1) is 0 Å². The van der Waals surface area contributed by atoms with Gasteiger partial charge in [0.15, 0.2) is 0 Å². The lowest BCUT2D eigenvalue weighted by atomic mass is 9.75. The molecule has 0 spiro atoms. The van der Waals surface area contributed by atoms with Gasteiger partial charge >= 0.3 is 12.3 Å². The van der Waals surface area contributed by atoms with Crippen LogP contribution < -0.4 is 5.32 Å². The Hall–Kier alpha value is -5.17. The summed E-state index contributed by atoms with van der Waals surface area (Å²) >= 11 is 0. The van der Waals surface area contributed by atoms with E-state index in [9.17, 15) is 32.3 Å². The summed E-state index contributed by atoms with van der Waals surface area (Å²) in [6, 6.07) is 20.9. The number of amides is 4. The largest absolute Gasteiger partial charge is 0.447 e. The Morgan fingerprint density at radius 1 is 0.911 bits per heavy atom. The first kappa shape index (κ1) is 39.1. The van der Waals surface area contributed by atoms with Crippen LogP contribution in [0.25, 0.3) is 6.08 Å². The van der Waals surface area contributed by atoms with E-state index in [1.165, 1.54) is 41.2 Å². The fourth-order valence-electron chi connectivity index (χ4n) is 8.74. The van der Waals surface area contributed by atoms with Gasteiger partial charge in [-0.15, -0.1) is 0 Å². The Morgan fingerprint density at radius 3 is 2.27 bits per heavy atom. The summed E-state index contributed by atoms with van der Waals surface area (Å²) in [6.07, 6.45) is 3.17. The zero-order chi connectivity index (χ0) is 39.5. The molecule has 7 rings (SSSR count). The fraction of sp³-hybridized carbons (Fsp3) is 0.442. The van der Waals surface area contributed by atoms with E-state index in [-0.39, 0.29) is 31.0 Å². The predicted octanol–water partition coefficient (Wildman–Crippen LogP) is 6.43. The van der Waals surface area contributed by atoms with Gasteiger partial charge in [0.05, 0.1) is 24.1 Å². The van der Waals surface area contributed by atoms with Gasteiger partial charge in [0.1, 0.15) is 18.2 Å². The standard InChI is InChI=1S/C43H48F3N5O5/c1-42(51-36(29-56-41(51)55)32-15-7-3-8-16-32)37(19-18-30-12-5-2-6-13-30)50(40(42)54)35(39(53)47-28-31-14-11-17-33(26-31)43(44,45)46)27-38(52)49-24-20-34(21-25-49)48-22-9-4-10-23-48/h2-3,5-8,11-19,26,34-37H,4,9-10,20-25,27-29H2,1H3,(H,47,53)/b19-18+/t35?,36?,37?,42-/m0/s1. The number of nitrogens with one attached hydrogen (secondary N) is 1. The van der Waals surface area contributed by atoms with Crippen molar-refractivity contribution in [3.63, 3.8) is 0 Å². The molecule has 0 saturated carbocycles. The van der Waals surface area contributed by atoms with Crippen LogP contribution in [0.15, 0.2) is 91.0 Å². The molecule has 56 heavy (non-hydrogen) atoms. The zero-order valence-electron chi connectivity index (χ0n) is 31.5. The molecule has 0 bridgehead atoms. The number of halogens is 3. The smallest absolute Gasteiger partial charge is 0.416 e. The Bertz CT molecular complexity index is 1910. The molecule has 4 aliphatic heterocycles. The SMILES string of the molecule is C[C@@]1(N2C(=O)OCC2c2ccccc2)C(=O)N(C(CC(=O)N2CCC(N3CCCCC3)CC2)C(=O)NCc2cccc(C(F)(F)F)c2)C1/C=C/c1ccccc1. The summed E-state index contributed by atoms with van der Waals surface area (Å²) < 4.78 is 46.1. The van der Waals surface area contributed by atoms with Gasteiger partial charge in [0, 0.05) is 25.7 Å². The average Bonchev–Trinajstić information content (AvgIpc) is 3.62. The molecule has 3 aromatic rings. The summed E-state index contributed by atoms with van der Waals surface area (Å²) in [7, 11) is 0. The van der Waals surface area contributed by atoms with Crippen LogP contribution in [-0.2, 0) is 31.8 Å². The molecule has 1 N–H and O–H groups in total. The quantitative estimate of drug-likeness (QED) is 0.226. The number of rotatable bonds is 11. The molecular formula is C43H48F3N5O5. The van der Waals surface area contributed by atoms with Crippen molar-refractivity contribution in [3.05, 3.63) is 113 Å². The highest BCUT2D eigenvalue weighted by atomic mass is 19.4. The van der Waals surface area contributed by atoms with E-state index in [1.807, 2.05) is 66.7 Å². The molecule has 3 unspecified atom stereocenters. The number of carbonyl (C=O) groups is 4. The van der Waals surface area contributed by atoms with Gasteiger partial charge in [-0.05, 0) is 74.5 Å². The Labute approximate surface area is 325 Å². The first-order valence-corrected chi connectivity index (χ1v) is 19.5.